The average Bonchev–Trinajstić information content (AvgIpc) is 2.57. The van der Waals surface area contributed by atoms with Gasteiger partial charge in [-0.2, -0.15) is 0 Å². The minimum atomic E-state index is -1.09. The van der Waals surface area contributed by atoms with Crippen molar-refractivity contribution in [2.24, 2.45) is 0 Å². The van der Waals surface area contributed by atoms with Crippen LogP contribution in [-0.4, -0.2) is 50.0 Å². The number of phenols is 4. The fourth-order valence-corrected chi connectivity index (χ4v) is 3.16. The van der Waals surface area contributed by atoms with Crippen LogP contribution in [0.15, 0.2) is 18.2 Å². The summed E-state index contributed by atoms with van der Waals surface area (Å²) in [6.07, 6.45) is 0.289. The van der Waals surface area contributed by atoms with E-state index in [1.807, 2.05) is 0 Å². The Kier molecular flexibility index (Phi) is 4.13. The van der Waals surface area contributed by atoms with E-state index in [0.717, 1.165) is 18.2 Å². The molecule has 134 valence electrons. The number of carbonyl (C=O) groups excluding carboxylic acids is 3. The number of hydrogen-bond donors (Lipinski definition) is 5. The quantitative estimate of drug-likeness (QED) is 0.432. The van der Waals surface area contributed by atoms with Gasteiger partial charge in [0.05, 0.1) is 11.1 Å². The Morgan fingerprint density at radius 1 is 0.885 bits per heavy atom. The predicted octanol–water partition coefficient (Wildman–Crippen LogP) is 0.949. The Bertz CT molecular complexity index is 960. The summed E-state index contributed by atoms with van der Waals surface area (Å²) in [6.45, 7) is -0.408. The molecule has 0 saturated carbocycles. The summed E-state index contributed by atoms with van der Waals surface area (Å²) in [5.74, 6) is -5.19. The summed E-state index contributed by atoms with van der Waals surface area (Å²) in [6, 6.07) is 2.83. The van der Waals surface area contributed by atoms with Crippen molar-refractivity contribution in [3.63, 3.8) is 0 Å². The summed E-state index contributed by atoms with van der Waals surface area (Å²) in [5, 5.41) is 49.2. The molecule has 0 heterocycles. The van der Waals surface area contributed by atoms with Crippen LogP contribution < -0.4 is 0 Å². The summed E-state index contributed by atoms with van der Waals surface area (Å²) in [5.41, 5.74) is -1.72. The molecule has 1 aliphatic rings. The number of aliphatic hydroxyl groups excluding tert-OH is 1. The van der Waals surface area contributed by atoms with E-state index in [2.05, 4.69) is 0 Å². The van der Waals surface area contributed by atoms with Crippen molar-refractivity contribution in [1.29, 1.82) is 0 Å². The number of aromatic hydroxyl groups is 4. The first-order valence-corrected chi connectivity index (χ1v) is 7.62. The van der Waals surface area contributed by atoms with E-state index in [1.54, 1.807) is 0 Å². The number of rotatable bonds is 4. The Hall–Kier alpha value is -3.39. The normalized spacial score (nSPS) is 13.9. The maximum atomic E-state index is 12.8. The van der Waals surface area contributed by atoms with Gasteiger partial charge in [0.15, 0.2) is 5.78 Å². The van der Waals surface area contributed by atoms with E-state index in [-0.39, 0.29) is 23.1 Å². The maximum Gasteiger partial charge on any atom is 0.201 e. The summed E-state index contributed by atoms with van der Waals surface area (Å²) >= 11 is 0. The van der Waals surface area contributed by atoms with Crippen LogP contribution in [0.3, 0.4) is 0 Å². The van der Waals surface area contributed by atoms with Crippen LogP contribution in [0.2, 0.25) is 0 Å². The Labute approximate surface area is 146 Å². The lowest BCUT2D eigenvalue weighted by Gasteiger charge is -2.23. The molecule has 0 radical (unpaired) electrons. The third-order valence-electron chi connectivity index (χ3n) is 4.34. The molecule has 0 aliphatic heterocycles. The highest BCUT2D eigenvalue weighted by Gasteiger charge is 2.37. The molecule has 3 rings (SSSR count). The largest absolute Gasteiger partial charge is 0.508 e. The zero-order valence-corrected chi connectivity index (χ0v) is 13.3. The van der Waals surface area contributed by atoms with Crippen molar-refractivity contribution in [3.8, 4) is 23.0 Å². The lowest BCUT2D eigenvalue weighted by atomic mass is 9.80. The van der Waals surface area contributed by atoms with Gasteiger partial charge in [-0.3, -0.25) is 9.59 Å². The van der Waals surface area contributed by atoms with Gasteiger partial charge in [0, 0.05) is 35.3 Å². The molecule has 5 N–H and O–H groups in total. The highest BCUT2D eigenvalue weighted by atomic mass is 16.3. The van der Waals surface area contributed by atoms with Crippen molar-refractivity contribution in [2.75, 3.05) is 6.61 Å². The van der Waals surface area contributed by atoms with Gasteiger partial charge in [-0.1, -0.05) is 0 Å². The summed E-state index contributed by atoms with van der Waals surface area (Å²) in [7, 11) is 0. The molecule has 0 fully saturated rings. The second-order valence-corrected chi connectivity index (χ2v) is 5.88. The van der Waals surface area contributed by atoms with E-state index in [4.69, 9.17) is 5.11 Å². The molecule has 0 bridgehead atoms. The molecule has 1 aliphatic carbocycles. The Balaban J connectivity index is 2.31. The van der Waals surface area contributed by atoms with Crippen LogP contribution in [0.5, 0.6) is 23.0 Å². The standard InChI is InChI=1S/C18H14O8/c19-2-1-7(6-20)13-12(23)5-10-15(17(13)25)18(26)14-9(16(10)24)3-8(21)4-11(14)22/h3-7,19,21-23,25H,1-2H2. The van der Waals surface area contributed by atoms with E-state index in [0.29, 0.717) is 6.29 Å². The number of carbonyl (C=O) groups is 3. The topological polar surface area (TPSA) is 152 Å². The molecule has 8 nitrogen and oxygen atoms in total. The minimum Gasteiger partial charge on any atom is -0.508 e. The van der Waals surface area contributed by atoms with Gasteiger partial charge in [0.25, 0.3) is 0 Å². The van der Waals surface area contributed by atoms with Gasteiger partial charge in [-0.25, -0.2) is 0 Å². The van der Waals surface area contributed by atoms with Crippen LogP contribution in [0.4, 0.5) is 0 Å². The molecule has 0 saturated heterocycles. The lowest BCUT2D eigenvalue weighted by Crippen LogP contribution is -2.22. The van der Waals surface area contributed by atoms with Gasteiger partial charge in [0.1, 0.15) is 29.3 Å². The molecular formula is C18H14O8. The summed E-state index contributed by atoms with van der Waals surface area (Å²) < 4.78 is 0. The average molecular weight is 358 g/mol. The Morgan fingerprint density at radius 2 is 1.54 bits per heavy atom. The fourth-order valence-electron chi connectivity index (χ4n) is 3.16. The van der Waals surface area contributed by atoms with Crippen molar-refractivity contribution in [3.05, 3.63) is 46.0 Å². The molecule has 0 amide bonds. The lowest BCUT2D eigenvalue weighted by molar-refractivity contribution is -0.109. The number of hydrogen-bond acceptors (Lipinski definition) is 8. The zero-order chi connectivity index (χ0) is 19.2. The predicted molar refractivity (Wildman–Crippen MR) is 86.9 cm³/mol. The summed E-state index contributed by atoms with van der Waals surface area (Å²) in [4.78, 5) is 36.6. The second kappa shape index (κ2) is 6.16. The monoisotopic (exact) mass is 358 g/mol. The molecule has 8 heteroatoms. The SMILES string of the molecule is O=CC(CCO)c1c(O)cc2c(c1O)C(=O)c1c(O)cc(O)cc1C2=O. The van der Waals surface area contributed by atoms with Gasteiger partial charge >= 0.3 is 0 Å². The number of fused-ring (bicyclic) bond motifs is 2. The van der Waals surface area contributed by atoms with Gasteiger partial charge in [-0.05, 0) is 18.6 Å². The molecule has 2 aromatic carbocycles. The Morgan fingerprint density at radius 3 is 2.15 bits per heavy atom. The smallest absolute Gasteiger partial charge is 0.201 e. The zero-order valence-electron chi connectivity index (χ0n) is 13.3. The number of ketones is 2. The van der Waals surface area contributed by atoms with Crippen molar-refractivity contribution >= 4 is 17.9 Å². The number of aliphatic hydroxyl groups is 1. The molecule has 0 spiro atoms. The highest BCUT2D eigenvalue weighted by molar-refractivity contribution is 6.30. The molecule has 26 heavy (non-hydrogen) atoms. The van der Waals surface area contributed by atoms with Gasteiger partial charge < -0.3 is 30.3 Å². The maximum absolute atomic E-state index is 12.8. The van der Waals surface area contributed by atoms with Crippen molar-refractivity contribution in [1.82, 2.24) is 0 Å². The second-order valence-electron chi connectivity index (χ2n) is 5.88. The van der Waals surface area contributed by atoms with Crippen LogP contribution in [0, 0.1) is 0 Å². The van der Waals surface area contributed by atoms with Crippen molar-refractivity contribution in [2.45, 2.75) is 12.3 Å². The van der Waals surface area contributed by atoms with Crippen LogP contribution in [0.1, 0.15) is 49.7 Å². The van der Waals surface area contributed by atoms with Gasteiger partial charge in [0.2, 0.25) is 5.78 Å². The van der Waals surface area contributed by atoms with Crippen LogP contribution in [0.25, 0.3) is 0 Å². The first kappa shape index (κ1) is 17.4. The van der Waals surface area contributed by atoms with Crippen LogP contribution in [-0.2, 0) is 4.79 Å². The van der Waals surface area contributed by atoms with E-state index < -0.39 is 58.2 Å². The molecule has 2 aromatic rings. The van der Waals surface area contributed by atoms with Crippen LogP contribution >= 0.6 is 0 Å². The highest BCUT2D eigenvalue weighted by Crippen LogP contribution is 2.45. The number of phenolic OH excluding ortho intramolecular Hbond substituents is 4. The van der Waals surface area contributed by atoms with Crippen molar-refractivity contribution < 1.29 is 39.9 Å². The number of aldehydes is 1. The van der Waals surface area contributed by atoms with E-state index in [1.165, 1.54) is 0 Å². The molecule has 1 atom stereocenters. The third kappa shape index (κ3) is 2.39. The van der Waals surface area contributed by atoms with E-state index in [9.17, 15) is 34.8 Å². The first-order chi connectivity index (χ1) is 12.3. The minimum absolute atomic E-state index is 0.110. The van der Waals surface area contributed by atoms with E-state index >= 15 is 0 Å². The van der Waals surface area contributed by atoms with Gasteiger partial charge in [-0.15, -0.1) is 0 Å². The molecule has 0 aromatic heterocycles. The number of benzene rings is 2. The molecule has 1 unspecified atom stereocenters. The first-order valence-electron chi connectivity index (χ1n) is 7.62. The third-order valence-corrected chi connectivity index (χ3v) is 4.34. The fraction of sp³-hybridized carbons (Fsp3) is 0.167. The molecular weight excluding hydrogens is 344 g/mol.